The third-order valence-electron chi connectivity index (χ3n) is 3.28. The van der Waals surface area contributed by atoms with Gasteiger partial charge in [-0.05, 0) is 25.9 Å². The lowest BCUT2D eigenvalue weighted by Crippen LogP contribution is -2.36. The standard InChI is InChI=1S/C12H20N4OS/c1-15(6-7-16-4-2-3-5-16)11(17)8-10-9-18-12(13)14-10/h9H,2-8H2,1H3,(H2,13,14). The predicted molar refractivity (Wildman–Crippen MR) is 73.5 cm³/mol. The molecule has 0 aliphatic carbocycles. The monoisotopic (exact) mass is 268 g/mol. The summed E-state index contributed by atoms with van der Waals surface area (Å²) in [7, 11) is 1.86. The summed E-state index contributed by atoms with van der Waals surface area (Å²) in [5.74, 6) is 0.111. The molecule has 0 unspecified atom stereocenters. The molecule has 1 aliphatic rings. The van der Waals surface area contributed by atoms with Crippen LogP contribution in [0.4, 0.5) is 5.13 Å². The third kappa shape index (κ3) is 3.68. The van der Waals surface area contributed by atoms with Gasteiger partial charge in [-0.3, -0.25) is 4.79 Å². The molecule has 2 heterocycles. The molecule has 1 fully saturated rings. The third-order valence-corrected chi connectivity index (χ3v) is 4.00. The fourth-order valence-corrected chi connectivity index (χ4v) is 2.68. The Hall–Kier alpha value is -1.14. The zero-order valence-corrected chi connectivity index (χ0v) is 11.6. The molecular formula is C12H20N4OS. The van der Waals surface area contributed by atoms with Crippen molar-refractivity contribution in [2.45, 2.75) is 19.3 Å². The highest BCUT2D eigenvalue weighted by Gasteiger charge is 2.15. The van der Waals surface area contributed by atoms with Crippen molar-refractivity contribution in [2.24, 2.45) is 0 Å². The highest BCUT2D eigenvalue weighted by Crippen LogP contribution is 2.12. The van der Waals surface area contributed by atoms with Gasteiger partial charge in [-0.25, -0.2) is 4.98 Å². The fraction of sp³-hybridized carbons (Fsp3) is 0.667. The number of rotatable bonds is 5. The molecule has 2 N–H and O–H groups in total. The van der Waals surface area contributed by atoms with E-state index in [2.05, 4.69) is 9.88 Å². The first-order chi connectivity index (χ1) is 8.65. The van der Waals surface area contributed by atoms with Gasteiger partial charge in [0.05, 0.1) is 12.1 Å². The van der Waals surface area contributed by atoms with Gasteiger partial charge in [-0.1, -0.05) is 0 Å². The Bertz CT molecular complexity index is 401. The molecule has 6 heteroatoms. The molecule has 0 bridgehead atoms. The van der Waals surface area contributed by atoms with E-state index in [1.807, 2.05) is 12.4 Å². The Morgan fingerprint density at radius 1 is 1.56 bits per heavy atom. The molecule has 1 aromatic rings. The molecule has 5 nitrogen and oxygen atoms in total. The normalized spacial score (nSPS) is 16.1. The molecule has 100 valence electrons. The highest BCUT2D eigenvalue weighted by atomic mass is 32.1. The summed E-state index contributed by atoms with van der Waals surface area (Å²) in [4.78, 5) is 20.3. The van der Waals surface area contributed by atoms with E-state index in [9.17, 15) is 4.79 Å². The van der Waals surface area contributed by atoms with Gasteiger partial charge in [0.15, 0.2) is 5.13 Å². The summed E-state index contributed by atoms with van der Waals surface area (Å²) in [6.45, 7) is 4.11. The van der Waals surface area contributed by atoms with Crippen LogP contribution in [-0.4, -0.2) is 53.9 Å². The minimum Gasteiger partial charge on any atom is -0.375 e. The van der Waals surface area contributed by atoms with Gasteiger partial charge in [-0.2, -0.15) is 0 Å². The molecule has 0 radical (unpaired) electrons. The number of nitrogens with zero attached hydrogens (tertiary/aromatic N) is 3. The van der Waals surface area contributed by atoms with Gasteiger partial charge in [0.1, 0.15) is 0 Å². The largest absolute Gasteiger partial charge is 0.375 e. The van der Waals surface area contributed by atoms with Crippen molar-refractivity contribution < 1.29 is 4.79 Å². The predicted octanol–water partition coefficient (Wildman–Crippen LogP) is 0.822. The van der Waals surface area contributed by atoms with Gasteiger partial charge >= 0.3 is 0 Å². The van der Waals surface area contributed by atoms with Gasteiger partial charge in [0.2, 0.25) is 5.91 Å². The average Bonchev–Trinajstić information content (AvgIpc) is 2.97. The van der Waals surface area contributed by atoms with Gasteiger partial charge in [0, 0.05) is 25.5 Å². The smallest absolute Gasteiger partial charge is 0.228 e. The van der Waals surface area contributed by atoms with Crippen LogP contribution in [0.5, 0.6) is 0 Å². The van der Waals surface area contributed by atoms with Crippen LogP contribution < -0.4 is 5.73 Å². The fourth-order valence-electron chi connectivity index (χ4n) is 2.12. The van der Waals surface area contributed by atoms with Crippen LogP contribution in [0, 0.1) is 0 Å². The quantitative estimate of drug-likeness (QED) is 0.859. The van der Waals surface area contributed by atoms with E-state index >= 15 is 0 Å². The van der Waals surface area contributed by atoms with Crippen LogP contribution in [-0.2, 0) is 11.2 Å². The summed E-state index contributed by atoms with van der Waals surface area (Å²) in [6.07, 6.45) is 2.93. The molecule has 2 rings (SSSR count). The Kier molecular flexibility index (Phi) is 4.54. The van der Waals surface area contributed by atoms with Crippen LogP contribution in [0.15, 0.2) is 5.38 Å². The van der Waals surface area contributed by atoms with Gasteiger partial charge in [0.25, 0.3) is 0 Å². The number of nitrogens with two attached hydrogens (primary N) is 1. The first-order valence-electron chi connectivity index (χ1n) is 6.31. The maximum absolute atomic E-state index is 12.0. The van der Waals surface area contributed by atoms with Crippen LogP contribution in [0.1, 0.15) is 18.5 Å². The molecule has 1 amide bonds. The minimum absolute atomic E-state index is 0.111. The number of carbonyl (C=O) groups excluding carboxylic acids is 1. The lowest BCUT2D eigenvalue weighted by Gasteiger charge is -2.21. The second-order valence-corrected chi connectivity index (χ2v) is 5.61. The van der Waals surface area contributed by atoms with Crippen molar-refractivity contribution in [3.05, 3.63) is 11.1 Å². The van der Waals surface area contributed by atoms with Crippen LogP contribution in [0.25, 0.3) is 0 Å². The zero-order chi connectivity index (χ0) is 13.0. The Balaban J connectivity index is 1.74. The first kappa shape index (κ1) is 13.3. The minimum atomic E-state index is 0.111. The van der Waals surface area contributed by atoms with Crippen LogP contribution >= 0.6 is 11.3 Å². The van der Waals surface area contributed by atoms with Crippen molar-refractivity contribution >= 4 is 22.4 Å². The number of hydrogen-bond acceptors (Lipinski definition) is 5. The van der Waals surface area contributed by atoms with Crippen LogP contribution in [0.2, 0.25) is 0 Å². The number of anilines is 1. The Labute approximate surface area is 112 Å². The molecule has 1 aliphatic heterocycles. The summed E-state index contributed by atoms with van der Waals surface area (Å²) >= 11 is 1.38. The molecule has 0 saturated carbocycles. The highest BCUT2D eigenvalue weighted by molar-refractivity contribution is 7.13. The average molecular weight is 268 g/mol. The summed E-state index contributed by atoms with van der Waals surface area (Å²) in [6, 6.07) is 0. The summed E-state index contributed by atoms with van der Waals surface area (Å²) in [5, 5.41) is 2.37. The maximum Gasteiger partial charge on any atom is 0.228 e. The number of aromatic nitrogens is 1. The Morgan fingerprint density at radius 3 is 2.89 bits per heavy atom. The van der Waals surface area contributed by atoms with Crippen molar-refractivity contribution in [1.82, 2.24) is 14.8 Å². The van der Waals surface area contributed by atoms with E-state index in [0.29, 0.717) is 11.6 Å². The number of nitrogen functional groups attached to an aromatic ring is 1. The lowest BCUT2D eigenvalue weighted by atomic mass is 10.3. The van der Waals surface area contributed by atoms with Crippen molar-refractivity contribution in [1.29, 1.82) is 0 Å². The number of thiazole rings is 1. The molecule has 0 atom stereocenters. The SMILES string of the molecule is CN(CCN1CCCC1)C(=O)Cc1csc(N)n1. The second kappa shape index (κ2) is 6.15. The summed E-state index contributed by atoms with van der Waals surface area (Å²) in [5.41, 5.74) is 6.32. The number of carbonyl (C=O) groups is 1. The Morgan fingerprint density at radius 2 is 2.28 bits per heavy atom. The van der Waals surface area contributed by atoms with Gasteiger partial charge < -0.3 is 15.5 Å². The van der Waals surface area contributed by atoms with E-state index in [1.54, 1.807) is 4.90 Å². The zero-order valence-electron chi connectivity index (χ0n) is 10.8. The molecular weight excluding hydrogens is 248 g/mol. The van der Waals surface area contributed by atoms with Crippen molar-refractivity contribution in [3.8, 4) is 0 Å². The van der Waals surface area contributed by atoms with E-state index in [-0.39, 0.29) is 5.91 Å². The van der Waals surface area contributed by atoms with E-state index in [4.69, 9.17) is 5.73 Å². The molecule has 1 aromatic heterocycles. The summed E-state index contributed by atoms with van der Waals surface area (Å²) < 4.78 is 0. The first-order valence-corrected chi connectivity index (χ1v) is 7.19. The number of likely N-dealkylation sites (tertiary alicyclic amines) is 1. The number of hydrogen-bond donors (Lipinski definition) is 1. The molecule has 0 aromatic carbocycles. The molecule has 18 heavy (non-hydrogen) atoms. The van der Waals surface area contributed by atoms with E-state index < -0.39 is 0 Å². The van der Waals surface area contributed by atoms with Crippen molar-refractivity contribution in [3.63, 3.8) is 0 Å². The second-order valence-electron chi connectivity index (χ2n) is 4.72. The topological polar surface area (TPSA) is 62.5 Å². The van der Waals surface area contributed by atoms with E-state index in [0.717, 1.165) is 18.8 Å². The number of likely N-dealkylation sites (N-methyl/N-ethyl adjacent to an activating group) is 1. The lowest BCUT2D eigenvalue weighted by molar-refractivity contribution is -0.129. The molecule has 1 saturated heterocycles. The molecule has 0 spiro atoms. The van der Waals surface area contributed by atoms with E-state index in [1.165, 1.54) is 37.3 Å². The van der Waals surface area contributed by atoms with Crippen LogP contribution in [0.3, 0.4) is 0 Å². The van der Waals surface area contributed by atoms with Crippen molar-refractivity contribution in [2.75, 3.05) is 39.0 Å². The number of amides is 1. The maximum atomic E-state index is 12.0. The van der Waals surface area contributed by atoms with Gasteiger partial charge in [-0.15, -0.1) is 11.3 Å².